The molecule has 120 valence electrons. The average Bonchev–Trinajstić information content (AvgIpc) is 2.53. The maximum Gasteiger partial charge on any atom is 0.190 e. The van der Waals surface area contributed by atoms with Crippen LogP contribution in [0.1, 0.15) is 37.5 Å². The van der Waals surface area contributed by atoms with Crippen LogP contribution in [0.25, 0.3) is 22.2 Å². The minimum atomic E-state index is -0.0393. The number of rotatable bonds is 1. The predicted molar refractivity (Wildman–Crippen MR) is 98.2 cm³/mol. The van der Waals surface area contributed by atoms with Crippen LogP contribution < -0.4 is 5.43 Å². The van der Waals surface area contributed by atoms with Crippen LogP contribution in [0.5, 0.6) is 0 Å². The third-order valence-corrected chi connectivity index (χ3v) is 4.34. The fourth-order valence-electron chi connectivity index (χ4n) is 2.90. The lowest BCUT2D eigenvalue weighted by Crippen LogP contribution is -2.11. The molecule has 1 aromatic heterocycles. The summed E-state index contributed by atoms with van der Waals surface area (Å²) in [6.45, 7) is 8.60. The van der Waals surface area contributed by atoms with Crippen molar-refractivity contribution in [3.63, 3.8) is 0 Å². The Bertz CT molecular complexity index is 1030. The van der Waals surface area contributed by atoms with Crippen LogP contribution in [-0.2, 0) is 5.41 Å². The van der Waals surface area contributed by atoms with E-state index in [0.717, 1.165) is 16.8 Å². The summed E-state index contributed by atoms with van der Waals surface area (Å²) in [7, 11) is 0. The van der Waals surface area contributed by atoms with Crippen molar-refractivity contribution in [2.24, 2.45) is 0 Å². The van der Waals surface area contributed by atoms with E-state index in [1.807, 2.05) is 0 Å². The number of pyridine rings is 1. The summed E-state index contributed by atoms with van der Waals surface area (Å²) in [6, 6.07) is 15.2. The zero-order valence-electron chi connectivity index (χ0n) is 14.4. The molecule has 0 aliphatic heterocycles. The van der Waals surface area contributed by atoms with Crippen molar-refractivity contribution in [2.45, 2.75) is 33.1 Å². The monoisotopic (exact) mass is 316 g/mol. The van der Waals surface area contributed by atoms with Gasteiger partial charge in [0.25, 0.3) is 0 Å². The Kier molecular flexibility index (Phi) is 3.77. The molecule has 0 bridgehead atoms. The number of aryl methyl sites for hydroxylation is 1. The van der Waals surface area contributed by atoms with Gasteiger partial charge in [-0.25, -0.2) is 0 Å². The van der Waals surface area contributed by atoms with Crippen molar-refractivity contribution in [3.8, 4) is 17.3 Å². The van der Waals surface area contributed by atoms with Gasteiger partial charge in [-0.05, 0) is 41.7 Å². The minimum Gasteiger partial charge on any atom is -0.354 e. The second-order valence-corrected chi connectivity index (χ2v) is 7.20. The van der Waals surface area contributed by atoms with Crippen molar-refractivity contribution < 1.29 is 0 Å². The number of nitrogens with one attached hydrogen (secondary N) is 1. The molecule has 0 aliphatic carbocycles. The van der Waals surface area contributed by atoms with Crippen LogP contribution in [0.2, 0.25) is 0 Å². The Labute approximate surface area is 141 Å². The molecule has 1 heterocycles. The van der Waals surface area contributed by atoms with Gasteiger partial charge in [-0.3, -0.25) is 4.79 Å². The predicted octanol–water partition coefficient (Wildman–Crippen LogP) is 4.67. The Morgan fingerprint density at radius 3 is 2.42 bits per heavy atom. The first kappa shape index (κ1) is 16.0. The van der Waals surface area contributed by atoms with E-state index in [0.29, 0.717) is 16.5 Å². The standard InChI is InChI=1S/C21H20N2O/c1-13-9-15(21(2,3)4)6-8-16(13)19-11-20(24)17-7-5-14(12-22)10-18(17)23-19/h5-11H,1-4H3,(H,23,24). The second-order valence-electron chi connectivity index (χ2n) is 7.20. The molecule has 0 radical (unpaired) electrons. The van der Waals surface area contributed by atoms with Crippen molar-refractivity contribution in [1.82, 2.24) is 4.98 Å². The highest BCUT2D eigenvalue weighted by atomic mass is 16.1. The van der Waals surface area contributed by atoms with Gasteiger partial charge in [-0.1, -0.05) is 39.0 Å². The van der Waals surface area contributed by atoms with Gasteiger partial charge in [-0.2, -0.15) is 5.26 Å². The molecule has 0 saturated carbocycles. The van der Waals surface area contributed by atoms with E-state index < -0.39 is 0 Å². The summed E-state index contributed by atoms with van der Waals surface area (Å²) in [5, 5.41) is 9.66. The summed E-state index contributed by atoms with van der Waals surface area (Å²) < 4.78 is 0. The maximum atomic E-state index is 12.4. The fourth-order valence-corrected chi connectivity index (χ4v) is 2.90. The summed E-state index contributed by atoms with van der Waals surface area (Å²) in [4.78, 5) is 15.7. The van der Waals surface area contributed by atoms with Gasteiger partial charge in [0, 0.05) is 22.7 Å². The third-order valence-electron chi connectivity index (χ3n) is 4.34. The first-order chi connectivity index (χ1) is 11.3. The molecule has 3 heteroatoms. The molecule has 3 nitrogen and oxygen atoms in total. The van der Waals surface area contributed by atoms with Gasteiger partial charge >= 0.3 is 0 Å². The molecular formula is C21H20N2O. The minimum absolute atomic E-state index is 0.0393. The zero-order valence-corrected chi connectivity index (χ0v) is 14.4. The van der Waals surface area contributed by atoms with Gasteiger partial charge in [0.1, 0.15) is 0 Å². The highest BCUT2D eigenvalue weighted by Crippen LogP contribution is 2.28. The Balaban J connectivity index is 2.20. The van der Waals surface area contributed by atoms with E-state index in [1.54, 1.807) is 24.3 Å². The van der Waals surface area contributed by atoms with E-state index in [9.17, 15) is 4.79 Å². The summed E-state index contributed by atoms with van der Waals surface area (Å²) >= 11 is 0. The quantitative estimate of drug-likeness (QED) is 0.709. The first-order valence-corrected chi connectivity index (χ1v) is 7.98. The van der Waals surface area contributed by atoms with E-state index in [2.05, 4.69) is 56.9 Å². The van der Waals surface area contributed by atoms with Crippen LogP contribution in [-0.4, -0.2) is 4.98 Å². The molecule has 3 rings (SSSR count). The third kappa shape index (κ3) is 2.83. The number of aromatic nitrogens is 1. The number of hydrogen-bond acceptors (Lipinski definition) is 2. The Hall–Kier alpha value is -2.86. The normalized spacial score (nSPS) is 11.5. The Morgan fingerprint density at radius 1 is 1.04 bits per heavy atom. The number of H-pyrrole nitrogens is 1. The Morgan fingerprint density at radius 2 is 1.79 bits per heavy atom. The SMILES string of the molecule is Cc1cc(C(C)(C)C)ccc1-c1cc(=O)c2ccc(C#N)cc2[nH]1. The molecule has 1 N–H and O–H groups in total. The number of nitrogens with zero attached hydrogens (tertiary/aromatic N) is 1. The summed E-state index contributed by atoms with van der Waals surface area (Å²) in [5.41, 5.74) is 5.44. The summed E-state index contributed by atoms with van der Waals surface area (Å²) in [5.74, 6) is 0. The van der Waals surface area contributed by atoms with E-state index in [1.165, 1.54) is 5.56 Å². The highest BCUT2D eigenvalue weighted by molar-refractivity contribution is 5.83. The lowest BCUT2D eigenvalue weighted by atomic mass is 9.85. The van der Waals surface area contributed by atoms with Crippen molar-refractivity contribution in [3.05, 3.63) is 69.4 Å². The largest absolute Gasteiger partial charge is 0.354 e. The number of nitriles is 1. The van der Waals surface area contributed by atoms with E-state index in [-0.39, 0.29) is 10.8 Å². The molecule has 0 amide bonds. The van der Waals surface area contributed by atoms with Crippen LogP contribution >= 0.6 is 0 Å². The molecular weight excluding hydrogens is 296 g/mol. The molecule has 0 atom stereocenters. The molecule has 0 saturated heterocycles. The van der Waals surface area contributed by atoms with Crippen molar-refractivity contribution in [2.75, 3.05) is 0 Å². The van der Waals surface area contributed by atoms with Gasteiger partial charge in [0.2, 0.25) is 0 Å². The molecule has 0 unspecified atom stereocenters. The van der Waals surface area contributed by atoms with Gasteiger partial charge < -0.3 is 4.98 Å². The molecule has 24 heavy (non-hydrogen) atoms. The smallest absolute Gasteiger partial charge is 0.190 e. The second kappa shape index (κ2) is 5.65. The van der Waals surface area contributed by atoms with E-state index >= 15 is 0 Å². The average molecular weight is 316 g/mol. The van der Waals surface area contributed by atoms with E-state index in [4.69, 9.17) is 5.26 Å². The number of aromatic amines is 1. The molecule has 2 aromatic carbocycles. The number of benzene rings is 2. The summed E-state index contributed by atoms with van der Waals surface area (Å²) in [6.07, 6.45) is 0. The molecule has 0 aliphatic rings. The van der Waals surface area contributed by atoms with Crippen molar-refractivity contribution in [1.29, 1.82) is 5.26 Å². The molecule has 0 spiro atoms. The number of hydrogen-bond donors (Lipinski definition) is 1. The van der Waals surface area contributed by atoms with Crippen LogP contribution in [0.4, 0.5) is 0 Å². The van der Waals surface area contributed by atoms with Gasteiger partial charge in [0.15, 0.2) is 5.43 Å². The van der Waals surface area contributed by atoms with Crippen LogP contribution in [0, 0.1) is 18.3 Å². The maximum absolute atomic E-state index is 12.4. The fraction of sp³-hybridized carbons (Fsp3) is 0.238. The molecule has 3 aromatic rings. The van der Waals surface area contributed by atoms with Gasteiger partial charge in [0.05, 0.1) is 17.1 Å². The number of fused-ring (bicyclic) bond motifs is 1. The van der Waals surface area contributed by atoms with Crippen LogP contribution in [0.3, 0.4) is 0 Å². The lowest BCUT2D eigenvalue weighted by molar-refractivity contribution is 0.590. The van der Waals surface area contributed by atoms with Crippen molar-refractivity contribution >= 4 is 10.9 Å². The zero-order chi connectivity index (χ0) is 17.5. The van der Waals surface area contributed by atoms with Gasteiger partial charge in [-0.15, -0.1) is 0 Å². The lowest BCUT2D eigenvalue weighted by Gasteiger charge is -2.20. The molecule has 0 fully saturated rings. The highest BCUT2D eigenvalue weighted by Gasteiger charge is 2.15. The topological polar surface area (TPSA) is 56.6 Å². The first-order valence-electron chi connectivity index (χ1n) is 7.98. The van der Waals surface area contributed by atoms with Crippen LogP contribution in [0.15, 0.2) is 47.3 Å².